The topological polar surface area (TPSA) is 110 Å². The van der Waals surface area contributed by atoms with Crippen molar-refractivity contribution in [2.24, 2.45) is 0 Å². The van der Waals surface area contributed by atoms with Gasteiger partial charge in [0.1, 0.15) is 12.2 Å². The molecule has 0 fully saturated rings. The maximum Gasteiger partial charge on any atom is 0.249 e. The van der Waals surface area contributed by atoms with Gasteiger partial charge in [0, 0.05) is 0 Å². The zero-order valence-corrected chi connectivity index (χ0v) is 38.3. The maximum absolute atomic E-state index is 12.5. The molecular weight excluding hydrogens is 719 g/mol. The summed E-state index contributed by atoms with van der Waals surface area (Å²) < 4.78 is 0. The van der Waals surface area contributed by atoms with Crippen molar-refractivity contribution in [2.45, 2.75) is 269 Å². The predicted molar refractivity (Wildman–Crippen MR) is 251 cm³/mol. The Morgan fingerprint density at radius 3 is 1.12 bits per heavy atom. The van der Waals surface area contributed by atoms with Crippen LogP contribution in [0.3, 0.4) is 0 Å². The van der Waals surface area contributed by atoms with Crippen molar-refractivity contribution in [3.63, 3.8) is 0 Å². The Labute approximate surface area is 359 Å². The zero-order valence-electron chi connectivity index (χ0n) is 38.3. The summed E-state index contributed by atoms with van der Waals surface area (Å²) in [5, 5.41) is 43.8. The van der Waals surface area contributed by atoms with Crippen LogP contribution in [-0.4, -0.2) is 57.3 Å². The van der Waals surface area contributed by atoms with E-state index in [-0.39, 0.29) is 0 Å². The second kappa shape index (κ2) is 46.3. The Kier molecular flexibility index (Phi) is 45.0. The molecule has 6 heteroatoms. The van der Waals surface area contributed by atoms with Crippen LogP contribution in [0.2, 0.25) is 0 Å². The van der Waals surface area contributed by atoms with E-state index < -0.39 is 36.9 Å². The van der Waals surface area contributed by atoms with Crippen LogP contribution in [-0.2, 0) is 4.79 Å². The van der Waals surface area contributed by atoms with Crippen LogP contribution in [0.1, 0.15) is 245 Å². The second-order valence-corrected chi connectivity index (χ2v) is 17.1. The molecule has 0 aliphatic carbocycles. The summed E-state index contributed by atoms with van der Waals surface area (Å²) in [6.45, 7) is 4.02. The molecule has 4 unspecified atom stereocenters. The van der Waals surface area contributed by atoms with Gasteiger partial charge >= 0.3 is 0 Å². The number of hydrogen-bond donors (Lipinski definition) is 5. The Morgan fingerprint density at radius 2 is 0.724 bits per heavy atom. The number of carbonyl (C=O) groups is 1. The van der Waals surface area contributed by atoms with Crippen LogP contribution in [0, 0.1) is 0 Å². The third-order valence-corrected chi connectivity index (χ3v) is 11.5. The number of allylic oxidation sites excluding steroid dienone is 8. The Bertz CT molecular complexity index is 961. The minimum atomic E-state index is -1.29. The van der Waals surface area contributed by atoms with Crippen molar-refractivity contribution in [1.82, 2.24) is 5.32 Å². The normalized spacial score (nSPS) is 14.4. The average Bonchev–Trinajstić information content (AvgIpc) is 3.23. The number of unbranched alkanes of at least 4 members (excludes halogenated alkanes) is 28. The van der Waals surface area contributed by atoms with Gasteiger partial charge in [-0.3, -0.25) is 4.79 Å². The number of nitrogens with one attached hydrogen (secondary N) is 1. The van der Waals surface area contributed by atoms with Gasteiger partial charge in [-0.05, 0) is 89.9 Å². The van der Waals surface area contributed by atoms with Gasteiger partial charge in [-0.1, -0.05) is 204 Å². The number of aliphatic hydroxyl groups excluding tert-OH is 4. The lowest BCUT2D eigenvalue weighted by Crippen LogP contribution is -2.53. The first-order chi connectivity index (χ1) is 28.5. The third kappa shape index (κ3) is 39.7. The number of rotatable bonds is 45. The highest BCUT2D eigenvalue weighted by atomic mass is 16.3. The monoisotopic (exact) mass is 816 g/mol. The first-order valence-corrected chi connectivity index (χ1v) is 25.0. The summed E-state index contributed by atoms with van der Waals surface area (Å²) >= 11 is 0. The number of carbonyl (C=O) groups excluding carboxylic acids is 1. The van der Waals surface area contributed by atoms with Gasteiger partial charge in [0.2, 0.25) is 5.91 Å². The van der Waals surface area contributed by atoms with Crippen molar-refractivity contribution in [3.05, 3.63) is 48.6 Å². The Balaban J connectivity index is 3.71. The maximum atomic E-state index is 12.5. The summed E-state index contributed by atoms with van der Waals surface area (Å²) in [5.74, 6) is -0.601. The summed E-state index contributed by atoms with van der Waals surface area (Å²) in [6, 6.07) is -1.01. The summed E-state index contributed by atoms with van der Waals surface area (Å²) in [4.78, 5) is 12.5. The average molecular weight is 816 g/mol. The Hall–Kier alpha value is -1.73. The molecule has 0 rings (SSSR count). The van der Waals surface area contributed by atoms with Crippen molar-refractivity contribution in [1.29, 1.82) is 0 Å². The van der Waals surface area contributed by atoms with E-state index in [1.165, 1.54) is 161 Å². The van der Waals surface area contributed by atoms with Crippen molar-refractivity contribution < 1.29 is 25.2 Å². The van der Waals surface area contributed by atoms with E-state index in [0.29, 0.717) is 19.3 Å². The molecule has 340 valence electrons. The minimum absolute atomic E-state index is 0.356. The highest BCUT2D eigenvalue weighted by Crippen LogP contribution is 2.16. The van der Waals surface area contributed by atoms with E-state index in [1.807, 2.05) is 0 Å². The number of hydrogen-bond acceptors (Lipinski definition) is 5. The molecule has 0 saturated carbocycles. The summed E-state index contributed by atoms with van der Waals surface area (Å²) in [6.07, 6.45) is 57.3. The standard InChI is InChI=1S/C52H97NO5/c1-3-5-7-9-11-13-15-17-19-21-22-23-24-25-26-27-28-29-30-32-34-36-38-40-42-44-46-50(56)52(58)53-48(47-54)51(57)49(55)45-43-41-39-37-35-33-31-20-18-16-14-12-10-8-6-4-2/h12,14,20,25-26,31,37,39,48-51,54-57H,3-11,13,15-19,21-24,27-30,32-36,38,40-47H2,1-2H3,(H,53,58)/b14-12+,26-25-,31-20+,39-37+. The van der Waals surface area contributed by atoms with E-state index >= 15 is 0 Å². The molecule has 0 saturated heterocycles. The molecule has 0 aliphatic rings. The molecule has 0 heterocycles. The molecule has 0 spiro atoms. The van der Waals surface area contributed by atoms with Gasteiger partial charge in [-0.25, -0.2) is 0 Å². The molecule has 5 N–H and O–H groups in total. The SMILES string of the molecule is CCCCC/C=C/CC/C=C/CC/C=C/CCCC(O)C(O)C(CO)NC(=O)C(O)CCCCCCCCCCCC/C=C\CCCCCCCCCCCCCC. The quantitative estimate of drug-likeness (QED) is 0.0311. The van der Waals surface area contributed by atoms with E-state index in [2.05, 4.69) is 67.8 Å². The van der Waals surface area contributed by atoms with Crippen molar-refractivity contribution >= 4 is 5.91 Å². The molecule has 0 aromatic rings. The van der Waals surface area contributed by atoms with Crippen LogP contribution in [0.4, 0.5) is 0 Å². The zero-order chi connectivity index (χ0) is 42.4. The fraction of sp³-hybridized carbons (Fsp3) is 0.827. The molecule has 0 aromatic heterocycles. The van der Waals surface area contributed by atoms with E-state index in [9.17, 15) is 25.2 Å². The number of aliphatic hydroxyl groups is 4. The third-order valence-electron chi connectivity index (χ3n) is 11.5. The number of amides is 1. The molecule has 0 radical (unpaired) electrons. The van der Waals surface area contributed by atoms with E-state index in [0.717, 1.165) is 51.4 Å². The van der Waals surface area contributed by atoms with E-state index in [4.69, 9.17) is 0 Å². The van der Waals surface area contributed by atoms with Gasteiger partial charge in [0.05, 0.1) is 18.8 Å². The fourth-order valence-corrected chi connectivity index (χ4v) is 7.49. The van der Waals surface area contributed by atoms with Crippen LogP contribution in [0.5, 0.6) is 0 Å². The highest BCUT2D eigenvalue weighted by Gasteiger charge is 2.28. The Morgan fingerprint density at radius 1 is 0.414 bits per heavy atom. The lowest BCUT2D eigenvalue weighted by atomic mass is 10.00. The van der Waals surface area contributed by atoms with Gasteiger partial charge in [-0.15, -0.1) is 0 Å². The van der Waals surface area contributed by atoms with Gasteiger partial charge in [0.15, 0.2) is 0 Å². The van der Waals surface area contributed by atoms with Crippen molar-refractivity contribution in [2.75, 3.05) is 6.61 Å². The lowest BCUT2D eigenvalue weighted by molar-refractivity contribution is -0.132. The molecule has 1 amide bonds. The lowest BCUT2D eigenvalue weighted by Gasteiger charge is -2.27. The first kappa shape index (κ1) is 56.3. The minimum Gasteiger partial charge on any atom is -0.394 e. The van der Waals surface area contributed by atoms with Gasteiger partial charge in [0.25, 0.3) is 0 Å². The summed E-state index contributed by atoms with van der Waals surface area (Å²) in [7, 11) is 0. The fourth-order valence-electron chi connectivity index (χ4n) is 7.49. The van der Waals surface area contributed by atoms with Crippen LogP contribution in [0.15, 0.2) is 48.6 Å². The molecule has 6 nitrogen and oxygen atoms in total. The molecular formula is C52H97NO5. The highest BCUT2D eigenvalue weighted by molar-refractivity contribution is 5.80. The second-order valence-electron chi connectivity index (χ2n) is 17.1. The van der Waals surface area contributed by atoms with Gasteiger partial charge in [-0.2, -0.15) is 0 Å². The molecule has 0 bridgehead atoms. The molecule has 0 aliphatic heterocycles. The largest absolute Gasteiger partial charge is 0.394 e. The van der Waals surface area contributed by atoms with Crippen molar-refractivity contribution in [3.8, 4) is 0 Å². The molecule has 4 atom stereocenters. The smallest absolute Gasteiger partial charge is 0.249 e. The summed E-state index contributed by atoms with van der Waals surface area (Å²) in [5.41, 5.74) is 0. The van der Waals surface area contributed by atoms with E-state index in [1.54, 1.807) is 0 Å². The van der Waals surface area contributed by atoms with Crippen LogP contribution >= 0.6 is 0 Å². The first-order valence-electron chi connectivity index (χ1n) is 25.0. The molecule has 58 heavy (non-hydrogen) atoms. The molecule has 0 aromatic carbocycles. The van der Waals surface area contributed by atoms with Gasteiger partial charge < -0.3 is 25.7 Å². The van der Waals surface area contributed by atoms with Crippen LogP contribution in [0.25, 0.3) is 0 Å². The van der Waals surface area contributed by atoms with Crippen LogP contribution < -0.4 is 5.32 Å². The predicted octanol–water partition coefficient (Wildman–Crippen LogP) is 13.9.